The van der Waals surface area contributed by atoms with Crippen molar-refractivity contribution >= 4 is 12.1 Å². The molecule has 0 spiro atoms. The fourth-order valence-corrected chi connectivity index (χ4v) is 4.11. The highest BCUT2D eigenvalue weighted by atomic mass is 16.2. The third kappa shape index (κ3) is 5.09. The highest BCUT2D eigenvalue weighted by Gasteiger charge is 2.19. The number of para-hydroxylation sites is 2. The number of hydrogen-bond acceptors (Lipinski definition) is 6. The van der Waals surface area contributed by atoms with Crippen LogP contribution < -0.4 is 5.43 Å². The van der Waals surface area contributed by atoms with Gasteiger partial charge in [-0.25, -0.2) is 14.8 Å². The molecule has 0 unspecified atom stereocenters. The summed E-state index contributed by atoms with van der Waals surface area (Å²) in [5.74, 6) is -0.398. The molecule has 4 aromatic heterocycles. The van der Waals surface area contributed by atoms with Crippen LogP contribution in [0.5, 0.6) is 0 Å². The maximum atomic E-state index is 13.3. The van der Waals surface area contributed by atoms with E-state index in [-0.39, 0.29) is 0 Å². The molecule has 0 aliphatic heterocycles. The average molecular weight is 511 g/mol. The van der Waals surface area contributed by atoms with Gasteiger partial charge < -0.3 is 0 Å². The van der Waals surface area contributed by atoms with Gasteiger partial charge in [0.1, 0.15) is 11.4 Å². The number of hydrogen-bond donors (Lipinski definition) is 1. The molecule has 1 N–H and O–H groups in total. The summed E-state index contributed by atoms with van der Waals surface area (Å²) in [7, 11) is 0. The van der Waals surface area contributed by atoms with Crippen LogP contribution in [0.2, 0.25) is 0 Å². The second-order valence-electron chi connectivity index (χ2n) is 8.57. The van der Waals surface area contributed by atoms with Crippen LogP contribution in [0.1, 0.15) is 15.9 Å². The van der Waals surface area contributed by atoms with Crippen LogP contribution in [0, 0.1) is 0 Å². The van der Waals surface area contributed by atoms with E-state index in [0.717, 1.165) is 28.1 Å². The number of nitrogens with zero attached hydrogens (tertiary/aromatic N) is 7. The van der Waals surface area contributed by atoms with Crippen LogP contribution >= 0.6 is 0 Å². The first-order valence-electron chi connectivity index (χ1n) is 12.2. The Bertz CT molecular complexity index is 1730. The van der Waals surface area contributed by atoms with E-state index < -0.39 is 5.91 Å². The quantitative estimate of drug-likeness (QED) is 0.242. The molecular formula is C30H22N8O. The number of aromatic nitrogens is 6. The second kappa shape index (κ2) is 10.7. The Kier molecular flexibility index (Phi) is 6.52. The lowest BCUT2D eigenvalue weighted by Crippen LogP contribution is -2.18. The number of benzene rings is 2. The number of pyridine rings is 2. The Morgan fingerprint density at radius 3 is 1.85 bits per heavy atom. The average Bonchev–Trinajstić information content (AvgIpc) is 3.65. The van der Waals surface area contributed by atoms with E-state index >= 15 is 0 Å². The predicted molar refractivity (Wildman–Crippen MR) is 149 cm³/mol. The molecule has 0 atom stereocenters. The predicted octanol–water partition coefficient (Wildman–Crippen LogP) is 4.95. The van der Waals surface area contributed by atoms with Crippen molar-refractivity contribution in [2.75, 3.05) is 0 Å². The van der Waals surface area contributed by atoms with Gasteiger partial charge >= 0.3 is 0 Å². The standard InChI is InChI=1S/C30H22N8O/c39-30(27-21-38(26-13-5-2-6-14-26)36-29(27)23-10-8-16-32-18-23)34-33-19-24-20-37(25-11-3-1-4-12-25)35-28(24)22-9-7-15-31-17-22/h1-21H,(H,34,39). The summed E-state index contributed by atoms with van der Waals surface area (Å²) in [5.41, 5.74) is 8.25. The molecule has 2 aromatic carbocycles. The molecule has 6 rings (SSSR count). The van der Waals surface area contributed by atoms with Gasteiger partial charge in [0.2, 0.25) is 0 Å². The summed E-state index contributed by atoms with van der Waals surface area (Å²) in [6.07, 6.45) is 11.9. The third-order valence-corrected chi connectivity index (χ3v) is 5.98. The molecular weight excluding hydrogens is 488 g/mol. The zero-order chi connectivity index (χ0) is 26.4. The van der Waals surface area contributed by atoms with Gasteiger partial charge in [0.05, 0.1) is 23.2 Å². The fraction of sp³-hybridized carbons (Fsp3) is 0. The van der Waals surface area contributed by atoms with Gasteiger partial charge in [-0.2, -0.15) is 15.3 Å². The Morgan fingerprint density at radius 1 is 0.692 bits per heavy atom. The molecule has 9 nitrogen and oxygen atoms in total. The first kappa shape index (κ1) is 23.7. The van der Waals surface area contributed by atoms with Crippen LogP contribution in [0.3, 0.4) is 0 Å². The summed E-state index contributed by atoms with van der Waals surface area (Å²) in [5, 5.41) is 13.7. The topological polar surface area (TPSA) is 103 Å². The van der Waals surface area contributed by atoms with E-state index in [9.17, 15) is 4.79 Å². The van der Waals surface area contributed by atoms with Crippen molar-refractivity contribution in [2.24, 2.45) is 5.10 Å². The lowest BCUT2D eigenvalue weighted by Gasteiger charge is -2.01. The van der Waals surface area contributed by atoms with Crippen molar-refractivity contribution in [1.29, 1.82) is 0 Å². The first-order chi connectivity index (χ1) is 19.3. The van der Waals surface area contributed by atoms with E-state index in [1.807, 2.05) is 85.1 Å². The molecule has 0 saturated heterocycles. The van der Waals surface area contributed by atoms with Crippen LogP contribution in [0.15, 0.2) is 127 Å². The molecule has 9 heteroatoms. The number of carbonyl (C=O) groups excluding carboxylic acids is 1. The minimum Gasteiger partial charge on any atom is -0.267 e. The largest absolute Gasteiger partial charge is 0.275 e. The molecule has 1 amide bonds. The zero-order valence-corrected chi connectivity index (χ0v) is 20.7. The van der Waals surface area contributed by atoms with Crippen molar-refractivity contribution in [1.82, 2.24) is 35.0 Å². The van der Waals surface area contributed by atoms with Gasteiger partial charge in [-0.15, -0.1) is 0 Å². The Labute approximate surface area is 224 Å². The molecule has 4 heterocycles. The maximum absolute atomic E-state index is 13.3. The van der Waals surface area contributed by atoms with Crippen LogP contribution in [0.25, 0.3) is 33.9 Å². The molecule has 0 bridgehead atoms. The van der Waals surface area contributed by atoms with E-state index in [2.05, 4.69) is 25.6 Å². The minimum absolute atomic E-state index is 0.372. The van der Waals surface area contributed by atoms with E-state index in [1.54, 1.807) is 52.6 Å². The number of hydrazone groups is 1. The van der Waals surface area contributed by atoms with Crippen LogP contribution in [-0.4, -0.2) is 41.7 Å². The SMILES string of the molecule is O=C(NN=Cc1cn(-c2ccccc2)nc1-c1cccnc1)c1cn(-c2ccccc2)nc1-c1cccnc1. The first-order valence-corrected chi connectivity index (χ1v) is 12.2. The lowest BCUT2D eigenvalue weighted by atomic mass is 10.1. The van der Waals surface area contributed by atoms with E-state index in [4.69, 9.17) is 5.10 Å². The van der Waals surface area contributed by atoms with Gasteiger partial charge in [-0.05, 0) is 48.5 Å². The van der Waals surface area contributed by atoms with Crippen molar-refractivity contribution in [2.45, 2.75) is 0 Å². The number of nitrogens with one attached hydrogen (secondary N) is 1. The monoisotopic (exact) mass is 510 g/mol. The zero-order valence-electron chi connectivity index (χ0n) is 20.7. The number of carbonyl (C=O) groups is 1. The summed E-state index contributed by atoms with van der Waals surface area (Å²) in [6.45, 7) is 0. The molecule has 0 aliphatic carbocycles. The molecule has 188 valence electrons. The van der Waals surface area contributed by atoms with Crippen molar-refractivity contribution in [3.05, 3.63) is 133 Å². The maximum Gasteiger partial charge on any atom is 0.275 e. The number of rotatable bonds is 7. The fourth-order valence-electron chi connectivity index (χ4n) is 4.11. The summed E-state index contributed by atoms with van der Waals surface area (Å²) >= 11 is 0. The summed E-state index contributed by atoms with van der Waals surface area (Å²) in [4.78, 5) is 21.7. The third-order valence-electron chi connectivity index (χ3n) is 5.98. The Hall–Kier alpha value is -5.70. The minimum atomic E-state index is -0.398. The highest BCUT2D eigenvalue weighted by molar-refractivity contribution is 6.00. The molecule has 6 aromatic rings. The molecule has 0 saturated carbocycles. The van der Waals surface area contributed by atoms with Crippen LogP contribution in [0.4, 0.5) is 0 Å². The van der Waals surface area contributed by atoms with Crippen molar-refractivity contribution < 1.29 is 4.79 Å². The lowest BCUT2D eigenvalue weighted by molar-refractivity contribution is 0.0955. The van der Waals surface area contributed by atoms with Gasteiger partial charge in [0.15, 0.2) is 0 Å². The Balaban J connectivity index is 1.32. The highest BCUT2D eigenvalue weighted by Crippen LogP contribution is 2.24. The Morgan fingerprint density at radius 2 is 1.26 bits per heavy atom. The van der Waals surface area contributed by atoms with Gasteiger partial charge in [-0.1, -0.05) is 36.4 Å². The molecule has 0 fully saturated rings. The molecule has 0 aliphatic rings. The molecule has 0 radical (unpaired) electrons. The van der Waals surface area contributed by atoms with Crippen LogP contribution in [-0.2, 0) is 0 Å². The van der Waals surface area contributed by atoms with E-state index in [1.165, 1.54) is 0 Å². The van der Waals surface area contributed by atoms with Gasteiger partial charge in [-0.3, -0.25) is 14.8 Å². The smallest absolute Gasteiger partial charge is 0.267 e. The summed E-state index contributed by atoms with van der Waals surface area (Å²) < 4.78 is 3.45. The van der Waals surface area contributed by atoms with Gasteiger partial charge in [0.25, 0.3) is 5.91 Å². The van der Waals surface area contributed by atoms with E-state index in [0.29, 0.717) is 17.0 Å². The summed E-state index contributed by atoms with van der Waals surface area (Å²) in [6, 6.07) is 26.8. The van der Waals surface area contributed by atoms with Gasteiger partial charge in [0, 0.05) is 53.9 Å². The number of amides is 1. The molecule has 39 heavy (non-hydrogen) atoms. The normalized spacial score (nSPS) is 11.1. The second-order valence-corrected chi connectivity index (χ2v) is 8.57. The van der Waals surface area contributed by atoms with Crippen molar-refractivity contribution in [3.63, 3.8) is 0 Å². The van der Waals surface area contributed by atoms with Crippen molar-refractivity contribution in [3.8, 4) is 33.9 Å².